The number of rotatable bonds is 2. The van der Waals surface area contributed by atoms with E-state index in [9.17, 15) is 9.18 Å². The molecule has 0 aromatic carbocycles. The highest BCUT2D eigenvalue weighted by Gasteiger charge is 2.24. The zero-order valence-electron chi connectivity index (χ0n) is 9.17. The van der Waals surface area contributed by atoms with Crippen molar-refractivity contribution in [1.29, 1.82) is 0 Å². The predicted octanol–water partition coefficient (Wildman–Crippen LogP) is 0.0540. The van der Waals surface area contributed by atoms with Crippen LogP contribution in [0.5, 0.6) is 0 Å². The van der Waals surface area contributed by atoms with E-state index >= 15 is 0 Å². The molecule has 1 atom stereocenters. The van der Waals surface area contributed by atoms with Crippen molar-refractivity contribution in [3.63, 3.8) is 0 Å². The lowest BCUT2D eigenvalue weighted by atomic mass is 10.2. The van der Waals surface area contributed by atoms with Gasteiger partial charge in [0.25, 0.3) is 5.91 Å². The molecular formula is C11H13FN2O3. The monoisotopic (exact) mass is 240 g/mol. The van der Waals surface area contributed by atoms with E-state index in [4.69, 9.17) is 9.84 Å². The largest absolute Gasteiger partial charge is 0.394 e. The van der Waals surface area contributed by atoms with Gasteiger partial charge < -0.3 is 14.7 Å². The third kappa shape index (κ3) is 2.78. The molecule has 0 spiro atoms. The number of amides is 1. The fourth-order valence-electron chi connectivity index (χ4n) is 1.73. The van der Waals surface area contributed by atoms with E-state index in [1.54, 1.807) is 4.90 Å². The van der Waals surface area contributed by atoms with Gasteiger partial charge in [0.05, 0.1) is 19.3 Å². The molecule has 6 heteroatoms. The molecule has 0 radical (unpaired) electrons. The minimum Gasteiger partial charge on any atom is -0.394 e. The summed E-state index contributed by atoms with van der Waals surface area (Å²) in [6, 6.07) is 2.57. The molecule has 1 amide bonds. The molecule has 1 N–H and O–H groups in total. The third-order valence-electron chi connectivity index (χ3n) is 2.60. The number of hydrogen-bond acceptors (Lipinski definition) is 4. The first-order valence-electron chi connectivity index (χ1n) is 5.34. The number of carbonyl (C=O) groups is 1. The Hall–Kier alpha value is -1.53. The fraction of sp³-hybridized carbons (Fsp3) is 0.455. The van der Waals surface area contributed by atoms with E-state index < -0.39 is 5.95 Å². The molecule has 1 aliphatic heterocycles. The average Bonchev–Trinajstić information content (AvgIpc) is 2.38. The number of nitrogens with zero attached hydrogens (tertiary/aromatic N) is 2. The second kappa shape index (κ2) is 5.20. The zero-order chi connectivity index (χ0) is 12.3. The lowest BCUT2D eigenvalue weighted by Crippen LogP contribution is -2.46. The second-order valence-corrected chi connectivity index (χ2v) is 3.79. The van der Waals surface area contributed by atoms with Gasteiger partial charge in [0, 0.05) is 30.9 Å². The van der Waals surface area contributed by atoms with Gasteiger partial charge in [0.2, 0.25) is 5.95 Å². The molecular weight excluding hydrogens is 227 g/mol. The Morgan fingerprint density at radius 2 is 2.53 bits per heavy atom. The van der Waals surface area contributed by atoms with Gasteiger partial charge in [-0.1, -0.05) is 0 Å². The first-order chi connectivity index (χ1) is 8.20. The number of morpholine rings is 1. The highest BCUT2D eigenvalue weighted by atomic mass is 19.1. The van der Waals surface area contributed by atoms with Gasteiger partial charge in [0.1, 0.15) is 0 Å². The first kappa shape index (κ1) is 11.9. The summed E-state index contributed by atoms with van der Waals surface area (Å²) >= 11 is 0. The summed E-state index contributed by atoms with van der Waals surface area (Å²) in [4.78, 5) is 16.9. The predicted molar refractivity (Wildman–Crippen MR) is 56.9 cm³/mol. The number of aliphatic hydroxyl groups is 1. The van der Waals surface area contributed by atoms with Gasteiger partial charge >= 0.3 is 0 Å². The van der Waals surface area contributed by atoms with Gasteiger partial charge in [-0.15, -0.1) is 0 Å². The Morgan fingerprint density at radius 1 is 1.71 bits per heavy atom. The van der Waals surface area contributed by atoms with Crippen LogP contribution in [0.15, 0.2) is 18.3 Å². The number of halogens is 1. The summed E-state index contributed by atoms with van der Waals surface area (Å²) in [6.07, 6.45) is 0.895. The lowest BCUT2D eigenvalue weighted by Gasteiger charge is -2.32. The first-order valence-corrected chi connectivity index (χ1v) is 5.34. The summed E-state index contributed by atoms with van der Waals surface area (Å²) in [5.74, 6) is -0.948. The molecule has 92 valence electrons. The van der Waals surface area contributed by atoms with E-state index in [1.165, 1.54) is 12.3 Å². The maximum atomic E-state index is 12.9. The molecule has 1 unspecified atom stereocenters. The molecule has 1 aliphatic rings. The van der Waals surface area contributed by atoms with Gasteiger partial charge in [-0.05, 0) is 6.07 Å². The Labute approximate surface area is 97.8 Å². The van der Waals surface area contributed by atoms with Crippen molar-refractivity contribution in [2.75, 3.05) is 26.3 Å². The topological polar surface area (TPSA) is 62.7 Å². The van der Waals surface area contributed by atoms with Crippen LogP contribution in [-0.2, 0) is 4.74 Å². The van der Waals surface area contributed by atoms with E-state index in [-0.39, 0.29) is 24.2 Å². The minimum absolute atomic E-state index is 0.130. The third-order valence-corrected chi connectivity index (χ3v) is 2.60. The van der Waals surface area contributed by atoms with Crippen molar-refractivity contribution >= 4 is 5.91 Å². The van der Waals surface area contributed by atoms with Crippen LogP contribution in [0.3, 0.4) is 0 Å². The number of hydrogen-bond donors (Lipinski definition) is 1. The van der Waals surface area contributed by atoms with Gasteiger partial charge in [-0.2, -0.15) is 4.39 Å². The second-order valence-electron chi connectivity index (χ2n) is 3.79. The van der Waals surface area contributed by atoms with Crippen molar-refractivity contribution in [2.24, 2.45) is 0 Å². The van der Waals surface area contributed by atoms with Crippen LogP contribution in [0.4, 0.5) is 4.39 Å². The molecule has 0 bridgehead atoms. The summed E-state index contributed by atoms with van der Waals surface area (Å²) in [5, 5.41) is 8.97. The number of pyridine rings is 1. The normalized spacial score (nSPS) is 20.4. The quantitative estimate of drug-likeness (QED) is 0.742. The van der Waals surface area contributed by atoms with Crippen molar-refractivity contribution in [1.82, 2.24) is 9.88 Å². The van der Waals surface area contributed by atoms with Crippen LogP contribution in [0.25, 0.3) is 0 Å². The van der Waals surface area contributed by atoms with Crippen LogP contribution in [0.1, 0.15) is 10.4 Å². The SMILES string of the molecule is O=C(c1ccnc(F)c1)N1CCOC(CO)C1. The highest BCUT2D eigenvalue weighted by molar-refractivity contribution is 5.94. The molecule has 2 heterocycles. The fourth-order valence-corrected chi connectivity index (χ4v) is 1.73. The van der Waals surface area contributed by atoms with Gasteiger partial charge in [-0.25, -0.2) is 4.98 Å². The molecule has 17 heavy (non-hydrogen) atoms. The van der Waals surface area contributed by atoms with Crippen molar-refractivity contribution in [3.05, 3.63) is 29.8 Å². The Kier molecular flexibility index (Phi) is 3.65. The minimum atomic E-state index is -0.678. The zero-order valence-corrected chi connectivity index (χ0v) is 9.17. The van der Waals surface area contributed by atoms with E-state index in [0.717, 1.165) is 6.07 Å². The molecule has 0 saturated carbocycles. The molecule has 5 nitrogen and oxygen atoms in total. The molecule has 1 aromatic rings. The maximum absolute atomic E-state index is 12.9. The van der Waals surface area contributed by atoms with E-state index in [0.29, 0.717) is 19.7 Å². The molecule has 1 saturated heterocycles. The molecule has 0 aliphatic carbocycles. The molecule has 1 aromatic heterocycles. The van der Waals surface area contributed by atoms with Gasteiger partial charge in [-0.3, -0.25) is 4.79 Å². The number of carbonyl (C=O) groups excluding carboxylic acids is 1. The smallest absolute Gasteiger partial charge is 0.254 e. The standard InChI is InChI=1S/C11H13FN2O3/c12-10-5-8(1-2-13-10)11(16)14-3-4-17-9(6-14)7-15/h1-2,5,9,15H,3-4,6-7H2. The molecule has 1 fully saturated rings. The van der Waals surface area contributed by atoms with Crippen molar-refractivity contribution < 1.29 is 19.0 Å². The average molecular weight is 240 g/mol. The lowest BCUT2D eigenvalue weighted by molar-refractivity contribution is -0.0447. The van der Waals surface area contributed by atoms with Crippen LogP contribution < -0.4 is 0 Å². The van der Waals surface area contributed by atoms with Gasteiger partial charge in [0.15, 0.2) is 0 Å². The Bertz CT molecular complexity index is 413. The summed E-state index contributed by atoms with van der Waals surface area (Å²) in [5.41, 5.74) is 0.260. The van der Waals surface area contributed by atoms with Crippen LogP contribution in [0.2, 0.25) is 0 Å². The van der Waals surface area contributed by atoms with Crippen LogP contribution in [-0.4, -0.2) is 53.3 Å². The Balaban J connectivity index is 2.09. The molecule has 2 rings (SSSR count). The summed E-state index contributed by atoms with van der Waals surface area (Å²) < 4.78 is 18.1. The van der Waals surface area contributed by atoms with E-state index in [1.807, 2.05) is 0 Å². The summed E-state index contributed by atoms with van der Waals surface area (Å²) in [7, 11) is 0. The van der Waals surface area contributed by atoms with Crippen molar-refractivity contribution in [3.8, 4) is 0 Å². The number of ether oxygens (including phenoxy) is 1. The number of aromatic nitrogens is 1. The van der Waals surface area contributed by atoms with Crippen LogP contribution in [0, 0.1) is 5.95 Å². The maximum Gasteiger partial charge on any atom is 0.254 e. The Morgan fingerprint density at radius 3 is 3.24 bits per heavy atom. The van der Waals surface area contributed by atoms with Crippen LogP contribution >= 0.6 is 0 Å². The number of aliphatic hydroxyl groups excluding tert-OH is 1. The highest BCUT2D eigenvalue weighted by Crippen LogP contribution is 2.10. The van der Waals surface area contributed by atoms with E-state index in [2.05, 4.69) is 4.98 Å². The summed E-state index contributed by atoms with van der Waals surface area (Å²) in [6.45, 7) is 1.01. The van der Waals surface area contributed by atoms with Crippen molar-refractivity contribution in [2.45, 2.75) is 6.10 Å².